The predicted molar refractivity (Wildman–Crippen MR) is 86.1 cm³/mol. The molecular formula is C17H15N3O2. The quantitative estimate of drug-likeness (QED) is 0.696. The number of aryl methyl sites for hydroxylation is 1. The number of para-hydroxylation sites is 1. The van der Waals surface area contributed by atoms with Gasteiger partial charge in [-0.3, -0.25) is 14.0 Å². The van der Waals surface area contributed by atoms with Crippen molar-refractivity contribution in [2.45, 2.75) is 6.92 Å². The molecule has 110 valence electrons. The lowest BCUT2D eigenvalue weighted by molar-refractivity contribution is 0.112. The van der Waals surface area contributed by atoms with Crippen LogP contribution in [0, 0.1) is 6.92 Å². The predicted octanol–water partition coefficient (Wildman–Crippen LogP) is 2.58. The van der Waals surface area contributed by atoms with E-state index in [-0.39, 0.29) is 11.1 Å². The minimum Gasteiger partial charge on any atom is -0.329 e. The topological polar surface area (TPSA) is 54.7 Å². The van der Waals surface area contributed by atoms with Crippen LogP contribution in [0.2, 0.25) is 0 Å². The molecule has 2 aromatic heterocycles. The molecule has 0 N–H and O–H groups in total. The van der Waals surface area contributed by atoms with E-state index in [1.807, 2.05) is 43.3 Å². The van der Waals surface area contributed by atoms with Gasteiger partial charge in [0.2, 0.25) is 0 Å². The zero-order chi connectivity index (χ0) is 15.7. The zero-order valence-electron chi connectivity index (χ0n) is 12.4. The number of hydrogen-bond donors (Lipinski definition) is 0. The van der Waals surface area contributed by atoms with Gasteiger partial charge in [0.05, 0.1) is 0 Å². The fourth-order valence-electron chi connectivity index (χ4n) is 2.43. The van der Waals surface area contributed by atoms with Crippen LogP contribution >= 0.6 is 0 Å². The third-order valence-electron chi connectivity index (χ3n) is 3.64. The maximum atomic E-state index is 12.5. The molecule has 0 unspecified atom stereocenters. The summed E-state index contributed by atoms with van der Waals surface area (Å²) in [6.45, 7) is 1.88. The summed E-state index contributed by atoms with van der Waals surface area (Å²) in [6.07, 6.45) is 2.19. The second-order valence-corrected chi connectivity index (χ2v) is 5.05. The lowest BCUT2D eigenvalue weighted by Gasteiger charge is -2.20. The highest BCUT2D eigenvalue weighted by molar-refractivity contribution is 5.85. The summed E-state index contributed by atoms with van der Waals surface area (Å²) in [4.78, 5) is 30.3. The number of aromatic nitrogens is 2. The van der Waals surface area contributed by atoms with E-state index < -0.39 is 0 Å². The summed E-state index contributed by atoms with van der Waals surface area (Å²) in [5, 5.41) is 0. The Kier molecular flexibility index (Phi) is 3.47. The molecule has 3 aromatic rings. The number of rotatable bonds is 3. The number of aldehydes is 1. The number of carbonyl (C=O) groups is 1. The van der Waals surface area contributed by atoms with Crippen molar-refractivity contribution in [2.24, 2.45) is 0 Å². The molecule has 5 nitrogen and oxygen atoms in total. The molecule has 0 saturated heterocycles. The van der Waals surface area contributed by atoms with Crippen molar-refractivity contribution in [2.75, 3.05) is 11.9 Å². The number of anilines is 2. The SMILES string of the molecule is Cc1cccn2c(=O)c(C=O)c(N(C)c3ccccc3)nc12. The largest absolute Gasteiger partial charge is 0.329 e. The van der Waals surface area contributed by atoms with E-state index in [9.17, 15) is 9.59 Å². The summed E-state index contributed by atoms with van der Waals surface area (Å²) in [5.74, 6) is 0.362. The van der Waals surface area contributed by atoms with Gasteiger partial charge in [0, 0.05) is 18.9 Å². The maximum Gasteiger partial charge on any atom is 0.270 e. The molecule has 0 aliphatic carbocycles. The van der Waals surface area contributed by atoms with E-state index in [1.165, 1.54) is 4.40 Å². The minimum absolute atomic E-state index is 0.0504. The van der Waals surface area contributed by atoms with Gasteiger partial charge in [-0.2, -0.15) is 0 Å². The first kappa shape index (κ1) is 14.0. The highest BCUT2D eigenvalue weighted by Gasteiger charge is 2.17. The third kappa shape index (κ3) is 2.16. The Morgan fingerprint density at radius 2 is 1.86 bits per heavy atom. The van der Waals surface area contributed by atoms with Gasteiger partial charge in [-0.1, -0.05) is 24.3 Å². The molecular weight excluding hydrogens is 278 g/mol. The van der Waals surface area contributed by atoms with Gasteiger partial charge in [0.15, 0.2) is 12.1 Å². The Labute approximate surface area is 127 Å². The molecule has 0 bridgehead atoms. The van der Waals surface area contributed by atoms with Gasteiger partial charge >= 0.3 is 0 Å². The molecule has 3 rings (SSSR count). The minimum atomic E-state index is -0.360. The Bertz CT molecular complexity index is 901. The molecule has 0 saturated carbocycles. The van der Waals surface area contributed by atoms with Gasteiger partial charge < -0.3 is 4.90 Å². The molecule has 0 fully saturated rings. The molecule has 0 aliphatic rings. The number of carbonyl (C=O) groups excluding carboxylic acids is 1. The summed E-state index contributed by atoms with van der Waals surface area (Å²) in [7, 11) is 1.79. The van der Waals surface area contributed by atoms with Crippen LogP contribution in [0.15, 0.2) is 53.5 Å². The van der Waals surface area contributed by atoms with Crippen LogP contribution in [0.1, 0.15) is 15.9 Å². The highest BCUT2D eigenvalue weighted by Crippen LogP contribution is 2.23. The first-order chi connectivity index (χ1) is 10.6. The zero-order valence-corrected chi connectivity index (χ0v) is 12.4. The monoisotopic (exact) mass is 293 g/mol. The van der Waals surface area contributed by atoms with Gasteiger partial charge in [0.1, 0.15) is 11.2 Å². The second kappa shape index (κ2) is 5.44. The molecule has 0 atom stereocenters. The summed E-state index contributed by atoms with van der Waals surface area (Å²) in [5.41, 5.74) is 1.97. The molecule has 0 spiro atoms. The van der Waals surface area contributed by atoms with E-state index in [2.05, 4.69) is 4.98 Å². The highest BCUT2D eigenvalue weighted by atomic mass is 16.1. The van der Waals surface area contributed by atoms with E-state index in [0.29, 0.717) is 17.8 Å². The second-order valence-electron chi connectivity index (χ2n) is 5.05. The number of fused-ring (bicyclic) bond motifs is 1. The van der Waals surface area contributed by atoms with Crippen molar-refractivity contribution in [3.63, 3.8) is 0 Å². The lowest BCUT2D eigenvalue weighted by Crippen LogP contribution is -2.25. The first-order valence-electron chi connectivity index (χ1n) is 6.89. The van der Waals surface area contributed by atoms with Crippen molar-refractivity contribution in [3.05, 3.63) is 70.1 Å². The van der Waals surface area contributed by atoms with Crippen LogP contribution in [0.3, 0.4) is 0 Å². The van der Waals surface area contributed by atoms with Gasteiger partial charge in [-0.05, 0) is 30.7 Å². The van der Waals surface area contributed by atoms with Gasteiger partial charge in [-0.15, -0.1) is 0 Å². The number of pyridine rings is 1. The number of hydrogen-bond acceptors (Lipinski definition) is 4. The van der Waals surface area contributed by atoms with Crippen molar-refractivity contribution >= 4 is 23.4 Å². The first-order valence-corrected chi connectivity index (χ1v) is 6.89. The Morgan fingerprint density at radius 3 is 2.55 bits per heavy atom. The van der Waals surface area contributed by atoms with Crippen molar-refractivity contribution in [1.82, 2.24) is 9.38 Å². The summed E-state index contributed by atoms with van der Waals surface area (Å²) >= 11 is 0. The van der Waals surface area contributed by atoms with Crippen LogP contribution in [0.4, 0.5) is 11.5 Å². The van der Waals surface area contributed by atoms with Crippen LogP contribution in [0.5, 0.6) is 0 Å². The molecule has 0 radical (unpaired) electrons. The Balaban J connectivity index is 2.32. The smallest absolute Gasteiger partial charge is 0.270 e. The van der Waals surface area contributed by atoms with Crippen molar-refractivity contribution < 1.29 is 4.79 Å². The molecule has 5 heteroatoms. The summed E-state index contributed by atoms with van der Waals surface area (Å²) < 4.78 is 1.40. The lowest BCUT2D eigenvalue weighted by atomic mass is 10.2. The average molecular weight is 293 g/mol. The van der Waals surface area contributed by atoms with Crippen LogP contribution in [-0.4, -0.2) is 22.7 Å². The van der Waals surface area contributed by atoms with E-state index in [4.69, 9.17) is 0 Å². The molecule has 1 aromatic carbocycles. The maximum absolute atomic E-state index is 12.5. The molecule has 2 heterocycles. The average Bonchev–Trinajstić information content (AvgIpc) is 2.55. The van der Waals surface area contributed by atoms with Crippen molar-refractivity contribution in [3.8, 4) is 0 Å². The molecule has 0 aliphatic heterocycles. The van der Waals surface area contributed by atoms with Gasteiger partial charge in [-0.25, -0.2) is 4.98 Å². The fourth-order valence-corrected chi connectivity index (χ4v) is 2.43. The van der Waals surface area contributed by atoms with E-state index in [1.54, 1.807) is 24.2 Å². The molecule has 22 heavy (non-hydrogen) atoms. The van der Waals surface area contributed by atoms with E-state index >= 15 is 0 Å². The molecule has 0 amide bonds. The summed E-state index contributed by atoms with van der Waals surface area (Å²) in [6, 6.07) is 13.1. The fraction of sp³-hybridized carbons (Fsp3) is 0.118. The van der Waals surface area contributed by atoms with Crippen LogP contribution in [-0.2, 0) is 0 Å². The van der Waals surface area contributed by atoms with Gasteiger partial charge in [0.25, 0.3) is 5.56 Å². The van der Waals surface area contributed by atoms with Crippen LogP contribution < -0.4 is 10.5 Å². The Hall–Kier alpha value is -2.95. The third-order valence-corrected chi connectivity index (χ3v) is 3.64. The van der Waals surface area contributed by atoms with E-state index in [0.717, 1.165) is 11.3 Å². The Morgan fingerprint density at radius 1 is 1.14 bits per heavy atom. The van der Waals surface area contributed by atoms with Crippen molar-refractivity contribution in [1.29, 1.82) is 0 Å². The van der Waals surface area contributed by atoms with Crippen LogP contribution in [0.25, 0.3) is 5.65 Å². The standard InChI is InChI=1S/C17H15N3O2/c1-12-7-6-10-20-15(12)18-16(14(11-21)17(20)22)19(2)13-8-4-3-5-9-13/h3-11H,1-2H3. The number of benzene rings is 1. The normalized spacial score (nSPS) is 10.6. The number of nitrogens with zero attached hydrogens (tertiary/aromatic N) is 3.